The molecule has 0 aliphatic heterocycles. The number of ether oxygens (including phenoxy) is 1. The molecule has 0 atom stereocenters. The Morgan fingerprint density at radius 2 is 1.76 bits per heavy atom. The number of hydrogen-bond donors (Lipinski definition) is 2. The summed E-state index contributed by atoms with van der Waals surface area (Å²) in [5, 5.41) is 6.63. The number of hydrogen-bond acceptors (Lipinski definition) is 4. The molecule has 6 heteroatoms. The smallest absolute Gasteiger partial charge is 0.218 e. The minimum absolute atomic E-state index is 0.483. The summed E-state index contributed by atoms with van der Waals surface area (Å²) in [6.07, 6.45) is 4.39. The van der Waals surface area contributed by atoms with Crippen LogP contribution in [0.4, 0.5) is 0 Å². The highest BCUT2D eigenvalue weighted by molar-refractivity contribution is 5.79. The highest BCUT2D eigenvalue weighted by Gasteiger charge is 2.06. The molecule has 2 N–H and O–H groups in total. The molecule has 0 unspecified atom stereocenters. The van der Waals surface area contributed by atoms with Crippen LogP contribution in [0.3, 0.4) is 0 Å². The van der Waals surface area contributed by atoms with Gasteiger partial charge in [0.25, 0.3) is 0 Å². The molecule has 6 nitrogen and oxygen atoms in total. The monoisotopic (exact) mass is 389 g/mol. The van der Waals surface area contributed by atoms with Crippen LogP contribution in [0.25, 0.3) is 0 Å². The molecule has 3 rings (SSSR count). The molecular weight excluding hydrogens is 362 g/mol. The predicted octanol–water partition coefficient (Wildman–Crippen LogP) is 3.35. The normalized spacial score (nSPS) is 11.1. The molecule has 0 fully saturated rings. The zero-order valence-corrected chi connectivity index (χ0v) is 16.7. The van der Waals surface area contributed by atoms with Crippen molar-refractivity contribution in [3.05, 3.63) is 89.9 Å². The van der Waals surface area contributed by atoms with Crippen LogP contribution >= 0.6 is 0 Å². The zero-order valence-electron chi connectivity index (χ0n) is 16.7. The molecule has 0 radical (unpaired) electrons. The van der Waals surface area contributed by atoms with Crippen molar-refractivity contribution in [2.75, 3.05) is 13.1 Å². The van der Waals surface area contributed by atoms with Crippen LogP contribution in [0.1, 0.15) is 23.7 Å². The van der Waals surface area contributed by atoms with Crippen LogP contribution in [0.15, 0.2) is 78.0 Å². The Balaban J connectivity index is 1.58. The lowest BCUT2D eigenvalue weighted by atomic mass is 10.2. The quantitative estimate of drug-likeness (QED) is 0.434. The first-order valence-corrected chi connectivity index (χ1v) is 9.88. The number of aromatic nitrogens is 2. The van der Waals surface area contributed by atoms with E-state index in [1.165, 1.54) is 0 Å². The molecule has 2 heterocycles. The summed E-state index contributed by atoms with van der Waals surface area (Å²) in [6.45, 7) is 4.56. The molecule has 0 aliphatic carbocycles. The van der Waals surface area contributed by atoms with Gasteiger partial charge in [-0.2, -0.15) is 0 Å². The van der Waals surface area contributed by atoms with Crippen molar-refractivity contribution < 1.29 is 4.74 Å². The minimum Gasteiger partial charge on any atom is -0.473 e. The number of guanidine groups is 1. The number of nitrogens with one attached hydrogen (secondary N) is 2. The molecule has 0 saturated carbocycles. The van der Waals surface area contributed by atoms with Crippen LogP contribution < -0.4 is 15.4 Å². The maximum absolute atomic E-state index is 5.92. The van der Waals surface area contributed by atoms with Crippen LogP contribution in [-0.2, 0) is 19.6 Å². The average Bonchev–Trinajstić information content (AvgIpc) is 2.78. The molecule has 0 aliphatic rings. The van der Waals surface area contributed by atoms with E-state index in [4.69, 9.17) is 4.74 Å². The summed E-state index contributed by atoms with van der Waals surface area (Å²) >= 11 is 0. The number of benzene rings is 1. The highest BCUT2D eigenvalue weighted by Crippen LogP contribution is 2.17. The summed E-state index contributed by atoms with van der Waals surface area (Å²) < 4.78 is 5.92. The van der Waals surface area contributed by atoms with E-state index in [1.54, 1.807) is 6.20 Å². The summed E-state index contributed by atoms with van der Waals surface area (Å²) in [6, 6.07) is 19.9. The predicted molar refractivity (Wildman–Crippen MR) is 116 cm³/mol. The van der Waals surface area contributed by atoms with Crippen molar-refractivity contribution in [1.82, 2.24) is 20.6 Å². The van der Waals surface area contributed by atoms with Crippen molar-refractivity contribution >= 4 is 5.96 Å². The van der Waals surface area contributed by atoms with Gasteiger partial charge < -0.3 is 15.4 Å². The molecule has 0 bridgehead atoms. The molecule has 150 valence electrons. The van der Waals surface area contributed by atoms with Gasteiger partial charge in [0.1, 0.15) is 6.61 Å². The maximum Gasteiger partial charge on any atom is 0.218 e. The van der Waals surface area contributed by atoms with Gasteiger partial charge in [0.2, 0.25) is 5.88 Å². The lowest BCUT2D eigenvalue weighted by Gasteiger charge is -2.12. The van der Waals surface area contributed by atoms with E-state index in [-0.39, 0.29) is 0 Å². The summed E-state index contributed by atoms with van der Waals surface area (Å²) in [7, 11) is 0. The van der Waals surface area contributed by atoms with E-state index < -0.39 is 0 Å². The molecule has 3 aromatic rings. The van der Waals surface area contributed by atoms with Gasteiger partial charge in [0, 0.05) is 43.2 Å². The van der Waals surface area contributed by atoms with Crippen molar-refractivity contribution in [2.45, 2.75) is 26.5 Å². The third kappa shape index (κ3) is 6.92. The molecule has 0 amide bonds. The Labute approximate surface area is 172 Å². The lowest BCUT2D eigenvalue weighted by Crippen LogP contribution is -2.38. The van der Waals surface area contributed by atoms with E-state index in [1.807, 2.05) is 66.9 Å². The molecule has 0 spiro atoms. The van der Waals surface area contributed by atoms with Crippen molar-refractivity contribution in [3.8, 4) is 5.88 Å². The van der Waals surface area contributed by atoms with Gasteiger partial charge in [-0.3, -0.25) is 4.98 Å². The van der Waals surface area contributed by atoms with Crippen LogP contribution in [-0.4, -0.2) is 29.0 Å². The van der Waals surface area contributed by atoms with Crippen molar-refractivity contribution in [1.29, 1.82) is 0 Å². The van der Waals surface area contributed by atoms with Gasteiger partial charge in [-0.15, -0.1) is 0 Å². The standard InChI is InChI=1S/C23H27N5O/c1-2-24-23(27-16-13-21-12-6-7-14-25-21)28-17-20-11-8-15-26-22(20)29-18-19-9-4-3-5-10-19/h3-12,14-15H,2,13,16-18H2,1H3,(H2,24,27,28). The second-order valence-corrected chi connectivity index (χ2v) is 6.43. The van der Waals surface area contributed by atoms with Gasteiger partial charge in [0.05, 0.1) is 6.54 Å². The number of nitrogens with zero attached hydrogens (tertiary/aromatic N) is 3. The molecule has 29 heavy (non-hydrogen) atoms. The van der Waals surface area contributed by atoms with Crippen LogP contribution in [0.2, 0.25) is 0 Å². The molecule has 1 aromatic carbocycles. The first-order chi connectivity index (χ1) is 14.3. The first-order valence-electron chi connectivity index (χ1n) is 9.88. The molecular formula is C23H27N5O. The third-order valence-corrected chi connectivity index (χ3v) is 4.22. The molecule has 2 aromatic heterocycles. The highest BCUT2D eigenvalue weighted by atomic mass is 16.5. The summed E-state index contributed by atoms with van der Waals surface area (Å²) in [5.74, 6) is 1.38. The Morgan fingerprint density at radius 3 is 2.55 bits per heavy atom. The Bertz CT molecular complexity index is 884. The number of rotatable bonds is 9. The van der Waals surface area contributed by atoms with Crippen LogP contribution in [0, 0.1) is 0 Å². The van der Waals surface area contributed by atoms with E-state index in [9.17, 15) is 0 Å². The lowest BCUT2D eigenvalue weighted by molar-refractivity contribution is 0.290. The second-order valence-electron chi connectivity index (χ2n) is 6.43. The zero-order chi connectivity index (χ0) is 20.2. The topological polar surface area (TPSA) is 71.4 Å². The third-order valence-electron chi connectivity index (χ3n) is 4.22. The largest absolute Gasteiger partial charge is 0.473 e. The number of pyridine rings is 2. The van der Waals surface area contributed by atoms with Gasteiger partial charge in [0.15, 0.2) is 5.96 Å². The number of aliphatic imine (C=N–C) groups is 1. The minimum atomic E-state index is 0.483. The van der Waals surface area contributed by atoms with E-state index in [0.29, 0.717) is 19.0 Å². The van der Waals surface area contributed by atoms with Crippen molar-refractivity contribution in [2.24, 2.45) is 4.99 Å². The second kappa shape index (κ2) is 11.4. The van der Waals surface area contributed by atoms with Crippen molar-refractivity contribution in [3.63, 3.8) is 0 Å². The molecule has 0 saturated heterocycles. The fraction of sp³-hybridized carbons (Fsp3) is 0.261. The van der Waals surface area contributed by atoms with Gasteiger partial charge >= 0.3 is 0 Å². The van der Waals surface area contributed by atoms with E-state index >= 15 is 0 Å². The SMILES string of the molecule is CCNC(=NCc1cccnc1OCc1ccccc1)NCCc1ccccn1. The van der Waals surface area contributed by atoms with E-state index in [0.717, 1.165) is 42.3 Å². The van der Waals surface area contributed by atoms with Crippen LogP contribution in [0.5, 0.6) is 5.88 Å². The van der Waals surface area contributed by atoms with Gasteiger partial charge in [-0.05, 0) is 30.7 Å². The van der Waals surface area contributed by atoms with Gasteiger partial charge in [-0.25, -0.2) is 9.98 Å². The maximum atomic E-state index is 5.92. The first kappa shape index (κ1) is 20.3. The Kier molecular flexibility index (Phi) is 8.02. The fourth-order valence-electron chi connectivity index (χ4n) is 2.76. The average molecular weight is 390 g/mol. The van der Waals surface area contributed by atoms with Gasteiger partial charge in [-0.1, -0.05) is 42.5 Å². The fourth-order valence-corrected chi connectivity index (χ4v) is 2.76. The summed E-state index contributed by atoms with van der Waals surface area (Å²) in [4.78, 5) is 13.4. The Hall–Kier alpha value is -3.41. The van der Waals surface area contributed by atoms with E-state index in [2.05, 4.69) is 32.5 Å². The Morgan fingerprint density at radius 1 is 0.931 bits per heavy atom. The summed E-state index contributed by atoms with van der Waals surface area (Å²) in [5.41, 5.74) is 3.11.